The minimum atomic E-state index is -0.605. The number of allylic oxidation sites excluding steroid dienone is 1. The highest BCUT2D eigenvalue weighted by molar-refractivity contribution is 6.12. The molecular weight excluding hydrogens is 270 g/mol. The second kappa shape index (κ2) is 6.13. The number of anilines is 1. The van der Waals surface area contributed by atoms with Crippen molar-refractivity contribution in [3.8, 4) is 0 Å². The third-order valence-corrected chi connectivity index (χ3v) is 3.01. The summed E-state index contributed by atoms with van der Waals surface area (Å²) in [4.78, 5) is 0. The molecule has 3 N–H and O–H groups in total. The fourth-order valence-electron chi connectivity index (χ4n) is 1.85. The number of nitrogens with two attached hydrogens (primary N) is 1. The van der Waals surface area contributed by atoms with Gasteiger partial charge in [0.25, 0.3) is 0 Å². The zero-order valence-corrected chi connectivity index (χ0v) is 11.2. The summed E-state index contributed by atoms with van der Waals surface area (Å²) < 4.78 is 27.1. The topological polar surface area (TPSA) is 49.9 Å². The molecule has 2 rings (SSSR count). The molecule has 0 aromatic heterocycles. The van der Waals surface area contributed by atoms with Crippen LogP contribution in [0.5, 0.6) is 0 Å². The molecule has 0 radical (unpaired) electrons. The molecule has 0 amide bonds. The van der Waals surface area contributed by atoms with Gasteiger partial charge in [0.05, 0.1) is 11.4 Å². The van der Waals surface area contributed by atoms with Crippen molar-refractivity contribution in [2.75, 3.05) is 5.73 Å². The standard InChI is InChI=1S/C17H14F2N2/c1-2-11-9-13(17(21)15(19)10-11)16(20)8-7-12-5-3-4-6-14(12)18/h2-10,20H,1,21H2/b8-7+,20-16?. The van der Waals surface area contributed by atoms with Crippen LogP contribution < -0.4 is 5.73 Å². The van der Waals surface area contributed by atoms with Crippen molar-refractivity contribution in [2.24, 2.45) is 0 Å². The number of hydrogen-bond donors (Lipinski definition) is 2. The maximum absolute atomic E-state index is 13.7. The molecule has 0 bridgehead atoms. The van der Waals surface area contributed by atoms with Crippen LogP contribution in [-0.2, 0) is 0 Å². The normalized spacial score (nSPS) is 10.8. The van der Waals surface area contributed by atoms with E-state index in [-0.39, 0.29) is 22.8 Å². The lowest BCUT2D eigenvalue weighted by molar-refractivity contribution is 0.625. The third kappa shape index (κ3) is 3.23. The van der Waals surface area contributed by atoms with E-state index >= 15 is 0 Å². The first-order chi connectivity index (χ1) is 10.0. The average Bonchev–Trinajstić information content (AvgIpc) is 2.48. The molecule has 2 aromatic rings. The molecule has 0 spiro atoms. The van der Waals surface area contributed by atoms with Crippen LogP contribution in [0, 0.1) is 17.0 Å². The lowest BCUT2D eigenvalue weighted by Gasteiger charge is -2.07. The van der Waals surface area contributed by atoms with Gasteiger partial charge < -0.3 is 11.1 Å². The number of hydrogen-bond acceptors (Lipinski definition) is 2. The highest BCUT2D eigenvalue weighted by atomic mass is 19.1. The number of benzene rings is 2. The van der Waals surface area contributed by atoms with Gasteiger partial charge >= 0.3 is 0 Å². The van der Waals surface area contributed by atoms with Crippen molar-refractivity contribution in [3.63, 3.8) is 0 Å². The van der Waals surface area contributed by atoms with Crippen molar-refractivity contribution in [3.05, 3.63) is 77.4 Å². The largest absolute Gasteiger partial charge is 0.396 e. The molecule has 0 aliphatic heterocycles. The Labute approximate surface area is 121 Å². The smallest absolute Gasteiger partial charge is 0.147 e. The van der Waals surface area contributed by atoms with Crippen LogP contribution in [0.3, 0.4) is 0 Å². The lowest BCUT2D eigenvalue weighted by Crippen LogP contribution is -2.04. The van der Waals surface area contributed by atoms with Crippen molar-refractivity contribution in [1.29, 1.82) is 5.41 Å². The highest BCUT2D eigenvalue weighted by Crippen LogP contribution is 2.21. The van der Waals surface area contributed by atoms with Crippen molar-refractivity contribution < 1.29 is 8.78 Å². The number of rotatable bonds is 4. The predicted molar refractivity (Wildman–Crippen MR) is 83.2 cm³/mol. The van der Waals surface area contributed by atoms with Gasteiger partial charge in [-0.05, 0) is 35.9 Å². The van der Waals surface area contributed by atoms with Gasteiger partial charge in [0, 0.05) is 11.1 Å². The fraction of sp³-hybridized carbons (Fsp3) is 0. The van der Waals surface area contributed by atoms with E-state index in [1.165, 1.54) is 30.4 Å². The summed E-state index contributed by atoms with van der Waals surface area (Å²) in [5.74, 6) is -0.994. The van der Waals surface area contributed by atoms with Gasteiger partial charge in [-0.1, -0.05) is 30.9 Å². The van der Waals surface area contributed by atoms with E-state index < -0.39 is 5.82 Å². The van der Waals surface area contributed by atoms with Gasteiger partial charge in [0.15, 0.2) is 0 Å². The van der Waals surface area contributed by atoms with Crippen molar-refractivity contribution in [2.45, 2.75) is 0 Å². The molecule has 0 aliphatic carbocycles. The summed E-state index contributed by atoms with van der Waals surface area (Å²) in [7, 11) is 0. The van der Waals surface area contributed by atoms with Crippen LogP contribution in [0.2, 0.25) is 0 Å². The Morgan fingerprint density at radius 3 is 2.52 bits per heavy atom. The van der Waals surface area contributed by atoms with Gasteiger partial charge in [-0.3, -0.25) is 0 Å². The summed E-state index contributed by atoms with van der Waals surface area (Å²) in [5.41, 5.74) is 6.66. The second-order valence-corrected chi connectivity index (χ2v) is 4.44. The highest BCUT2D eigenvalue weighted by Gasteiger charge is 2.09. The molecule has 4 heteroatoms. The van der Waals surface area contributed by atoms with Crippen LogP contribution in [0.25, 0.3) is 12.2 Å². The maximum atomic E-state index is 13.7. The van der Waals surface area contributed by atoms with E-state index in [0.29, 0.717) is 11.1 Å². The molecule has 0 fully saturated rings. The zero-order chi connectivity index (χ0) is 15.4. The van der Waals surface area contributed by atoms with E-state index in [1.54, 1.807) is 24.3 Å². The van der Waals surface area contributed by atoms with E-state index in [4.69, 9.17) is 11.1 Å². The molecule has 0 atom stereocenters. The number of nitrogen functional groups attached to an aromatic ring is 1. The first-order valence-corrected chi connectivity index (χ1v) is 6.26. The van der Waals surface area contributed by atoms with Crippen molar-refractivity contribution in [1.82, 2.24) is 0 Å². The SMILES string of the molecule is C=Cc1cc(F)c(N)c(C(=N)/C=C/c2ccccc2F)c1. The molecule has 0 unspecified atom stereocenters. The van der Waals surface area contributed by atoms with Crippen LogP contribution in [-0.4, -0.2) is 5.71 Å². The minimum Gasteiger partial charge on any atom is -0.396 e. The van der Waals surface area contributed by atoms with E-state index in [0.717, 1.165) is 0 Å². The summed E-state index contributed by atoms with van der Waals surface area (Å²) in [6, 6.07) is 9.01. The molecule has 0 heterocycles. The van der Waals surface area contributed by atoms with Gasteiger partial charge in [-0.2, -0.15) is 0 Å². The van der Waals surface area contributed by atoms with E-state index in [2.05, 4.69) is 6.58 Å². The molecule has 21 heavy (non-hydrogen) atoms. The molecule has 0 aliphatic rings. The quantitative estimate of drug-likeness (QED) is 0.639. The maximum Gasteiger partial charge on any atom is 0.147 e. The number of halogens is 2. The van der Waals surface area contributed by atoms with Gasteiger partial charge in [0.2, 0.25) is 0 Å². The van der Waals surface area contributed by atoms with Crippen LogP contribution in [0.1, 0.15) is 16.7 Å². The molecule has 2 aromatic carbocycles. The van der Waals surface area contributed by atoms with Gasteiger partial charge in [0.1, 0.15) is 11.6 Å². The van der Waals surface area contributed by atoms with Gasteiger partial charge in [-0.15, -0.1) is 0 Å². The molecule has 0 saturated carbocycles. The van der Waals surface area contributed by atoms with Gasteiger partial charge in [-0.25, -0.2) is 8.78 Å². The Balaban J connectivity index is 2.35. The Kier molecular flexibility index (Phi) is 4.28. The first kappa shape index (κ1) is 14.7. The summed E-state index contributed by atoms with van der Waals surface area (Å²) in [6.07, 6.45) is 4.31. The lowest BCUT2D eigenvalue weighted by atomic mass is 10.0. The first-order valence-electron chi connectivity index (χ1n) is 6.26. The summed E-state index contributed by atoms with van der Waals surface area (Å²) >= 11 is 0. The molecule has 0 saturated heterocycles. The monoisotopic (exact) mass is 284 g/mol. The number of nitrogens with one attached hydrogen (secondary N) is 1. The predicted octanol–water partition coefficient (Wildman–Crippen LogP) is 4.27. The van der Waals surface area contributed by atoms with Crippen LogP contribution in [0.15, 0.2) is 49.1 Å². The third-order valence-electron chi connectivity index (χ3n) is 3.01. The second-order valence-electron chi connectivity index (χ2n) is 4.44. The Bertz CT molecular complexity index is 734. The van der Waals surface area contributed by atoms with Crippen molar-refractivity contribution >= 4 is 23.6 Å². The van der Waals surface area contributed by atoms with Crippen LogP contribution in [0.4, 0.5) is 14.5 Å². The molecule has 2 nitrogen and oxygen atoms in total. The summed E-state index contributed by atoms with van der Waals surface area (Å²) in [6.45, 7) is 3.56. The average molecular weight is 284 g/mol. The summed E-state index contributed by atoms with van der Waals surface area (Å²) in [5, 5.41) is 7.97. The Hall–Kier alpha value is -2.75. The fourth-order valence-corrected chi connectivity index (χ4v) is 1.85. The molecule has 106 valence electrons. The Morgan fingerprint density at radius 1 is 1.14 bits per heavy atom. The Morgan fingerprint density at radius 2 is 1.86 bits per heavy atom. The van der Waals surface area contributed by atoms with E-state index in [9.17, 15) is 8.78 Å². The van der Waals surface area contributed by atoms with E-state index in [1.807, 2.05) is 0 Å². The minimum absolute atomic E-state index is 0.00152. The zero-order valence-electron chi connectivity index (χ0n) is 11.2. The molecular formula is C17H14F2N2. The van der Waals surface area contributed by atoms with Crippen LogP contribution >= 0.6 is 0 Å².